The molecule has 0 bridgehead atoms. The van der Waals surface area contributed by atoms with Crippen LogP contribution in [0.5, 0.6) is 5.75 Å². The van der Waals surface area contributed by atoms with E-state index in [0.29, 0.717) is 23.6 Å². The first kappa shape index (κ1) is 21.9. The Morgan fingerprint density at radius 3 is 2.94 bits per heavy atom. The maximum Gasteiger partial charge on any atom is 0.263 e. The van der Waals surface area contributed by atoms with Gasteiger partial charge in [-0.05, 0) is 44.0 Å². The van der Waals surface area contributed by atoms with Gasteiger partial charge in [0.1, 0.15) is 22.1 Å². The first-order valence-corrected chi connectivity index (χ1v) is 11.9. The quantitative estimate of drug-likeness (QED) is 0.540. The second-order valence-corrected chi connectivity index (χ2v) is 10.1. The zero-order valence-electron chi connectivity index (χ0n) is 19.1. The van der Waals surface area contributed by atoms with Gasteiger partial charge in [-0.15, -0.1) is 11.3 Å². The van der Waals surface area contributed by atoms with E-state index in [1.807, 2.05) is 26.0 Å². The molecular formula is C24H29N5O3S. The van der Waals surface area contributed by atoms with Crippen molar-refractivity contribution in [2.75, 3.05) is 37.4 Å². The van der Waals surface area contributed by atoms with Gasteiger partial charge in [0.2, 0.25) is 0 Å². The fraction of sp³-hybridized carbons (Fsp3) is 0.417. The number of ether oxygens (including phenoxy) is 2. The molecule has 0 aliphatic carbocycles. The van der Waals surface area contributed by atoms with Gasteiger partial charge in [-0.1, -0.05) is 6.07 Å². The molecule has 5 rings (SSSR count). The van der Waals surface area contributed by atoms with Crippen LogP contribution in [-0.2, 0) is 11.2 Å². The Morgan fingerprint density at radius 2 is 2.18 bits per heavy atom. The summed E-state index contributed by atoms with van der Waals surface area (Å²) in [5.41, 5.74) is 15.7. The molecule has 2 aliphatic rings. The number of methoxy groups -OCH3 is 1. The van der Waals surface area contributed by atoms with Crippen LogP contribution in [0.4, 0.5) is 11.4 Å². The summed E-state index contributed by atoms with van der Waals surface area (Å²) >= 11 is 1.32. The SMILES string of the molecule is CO[C@@]1(C)CN(c2ccc3c(c2)OC[C@H](NC(=O)c2sc4nc(C)ccc4c2N)C3)C[C@@H]1N. The van der Waals surface area contributed by atoms with Crippen LogP contribution < -0.4 is 26.4 Å². The first-order chi connectivity index (χ1) is 15.8. The summed E-state index contributed by atoms with van der Waals surface area (Å²) in [4.78, 5) is 20.9. The molecule has 0 unspecified atom stereocenters. The number of hydrogen-bond donors (Lipinski definition) is 3. The number of carbonyl (C=O) groups is 1. The molecule has 5 N–H and O–H groups in total. The molecule has 8 nitrogen and oxygen atoms in total. The average molecular weight is 468 g/mol. The monoisotopic (exact) mass is 467 g/mol. The number of rotatable bonds is 4. The molecule has 174 valence electrons. The number of nitrogens with zero attached hydrogens (tertiary/aromatic N) is 2. The summed E-state index contributed by atoms with van der Waals surface area (Å²) in [6.45, 7) is 5.82. The van der Waals surface area contributed by atoms with E-state index in [1.165, 1.54) is 11.3 Å². The molecule has 1 saturated heterocycles. The number of aryl methyl sites for hydroxylation is 1. The van der Waals surface area contributed by atoms with Crippen molar-refractivity contribution in [2.24, 2.45) is 5.73 Å². The molecule has 1 fully saturated rings. The Kier molecular flexibility index (Phi) is 5.43. The highest BCUT2D eigenvalue weighted by atomic mass is 32.1. The van der Waals surface area contributed by atoms with Gasteiger partial charge < -0.3 is 31.2 Å². The molecule has 4 heterocycles. The second-order valence-electron chi connectivity index (χ2n) is 9.13. The van der Waals surface area contributed by atoms with Crippen molar-refractivity contribution in [2.45, 2.75) is 38.0 Å². The number of nitrogens with one attached hydrogen (secondary N) is 1. The van der Waals surface area contributed by atoms with Gasteiger partial charge in [-0.3, -0.25) is 4.79 Å². The van der Waals surface area contributed by atoms with Crippen LogP contribution in [0, 0.1) is 6.92 Å². The minimum Gasteiger partial charge on any atom is -0.491 e. The smallest absolute Gasteiger partial charge is 0.263 e. The topological polar surface area (TPSA) is 116 Å². The van der Waals surface area contributed by atoms with Crippen LogP contribution >= 0.6 is 11.3 Å². The predicted molar refractivity (Wildman–Crippen MR) is 131 cm³/mol. The van der Waals surface area contributed by atoms with Crippen LogP contribution in [0.25, 0.3) is 10.2 Å². The van der Waals surface area contributed by atoms with Crippen molar-refractivity contribution in [3.05, 3.63) is 46.5 Å². The van der Waals surface area contributed by atoms with Crippen molar-refractivity contribution in [3.63, 3.8) is 0 Å². The van der Waals surface area contributed by atoms with E-state index in [-0.39, 0.29) is 23.6 Å². The van der Waals surface area contributed by atoms with Crippen molar-refractivity contribution in [3.8, 4) is 5.75 Å². The normalized spacial score (nSPS) is 24.5. The predicted octanol–water partition coefficient (Wildman–Crippen LogP) is 2.47. The largest absolute Gasteiger partial charge is 0.491 e. The summed E-state index contributed by atoms with van der Waals surface area (Å²) in [5.74, 6) is 0.658. The van der Waals surface area contributed by atoms with E-state index >= 15 is 0 Å². The zero-order chi connectivity index (χ0) is 23.3. The minimum atomic E-state index is -0.366. The molecule has 3 atom stereocenters. The molecule has 3 aromatic rings. The number of aromatic nitrogens is 1. The number of carbonyl (C=O) groups excluding carboxylic acids is 1. The first-order valence-electron chi connectivity index (χ1n) is 11.1. The van der Waals surface area contributed by atoms with E-state index in [2.05, 4.69) is 33.4 Å². The maximum atomic E-state index is 13.0. The third kappa shape index (κ3) is 3.90. The third-order valence-corrected chi connectivity index (χ3v) is 7.88. The molecule has 2 aliphatic heterocycles. The van der Waals surface area contributed by atoms with E-state index in [1.54, 1.807) is 7.11 Å². The summed E-state index contributed by atoms with van der Waals surface area (Å²) in [6.07, 6.45) is 0.693. The molecule has 1 amide bonds. The van der Waals surface area contributed by atoms with E-state index in [4.69, 9.17) is 20.9 Å². The van der Waals surface area contributed by atoms with Crippen LogP contribution in [0.1, 0.15) is 27.9 Å². The minimum absolute atomic E-state index is 0.0560. The molecule has 0 spiro atoms. The van der Waals surface area contributed by atoms with Gasteiger partial charge in [-0.2, -0.15) is 0 Å². The van der Waals surface area contributed by atoms with Gasteiger partial charge in [0.15, 0.2) is 0 Å². The lowest BCUT2D eigenvalue weighted by atomic mass is 10.0. The number of benzene rings is 1. The fourth-order valence-corrected chi connectivity index (χ4v) is 5.61. The molecule has 33 heavy (non-hydrogen) atoms. The number of nitrogens with two attached hydrogens (primary N) is 2. The molecule has 9 heteroatoms. The lowest BCUT2D eigenvalue weighted by molar-refractivity contribution is 0.0129. The molecule has 1 aromatic carbocycles. The van der Waals surface area contributed by atoms with Crippen LogP contribution in [0.2, 0.25) is 0 Å². The van der Waals surface area contributed by atoms with Crippen LogP contribution in [-0.4, -0.2) is 55.4 Å². The lowest BCUT2D eigenvalue weighted by Gasteiger charge is -2.28. The fourth-order valence-electron chi connectivity index (χ4n) is 4.56. The average Bonchev–Trinajstić information content (AvgIpc) is 3.29. The summed E-state index contributed by atoms with van der Waals surface area (Å²) in [5, 5.41) is 3.90. The Labute approximate surface area is 196 Å². The lowest BCUT2D eigenvalue weighted by Crippen LogP contribution is -2.45. The Morgan fingerprint density at radius 1 is 1.36 bits per heavy atom. The molecule has 0 radical (unpaired) electrons. The molecule has 2 aromatic heterocycles. The Balaban J connectivity index is 1.28. The zero-order valence-corrected chi connectivity index (χ0v) is 19.9. The Hall–Kier alpha value is -2.88. The van der Waals surface area contributed by atoms with Crippen LogP contribution in [0.15, 0.2) is 30.3 Å². The van der Waals surface area contributed by atoms with Crippen molar-refractivity contribution < 1.29 is 14.3 Å². The molecule has 0 saturated carbocycles. The number of thiophene rings is 1. The summed E-state index contributed by atoms with van der Waals surface area (Å²) in [6, 6.07) is 9.83. The van der Waals surface area contributed by atoms with Gasteiger partial charge in [0.05, 0.1) is 23.4 Å². The Bertz CT molecular complexity index is 1230. The molecular weight excluding hydrogens is 438 g/mol. The van der Waals surface area contributed by atoms with Gasteiger partial charge in [-0.25, -0.2) is 4.98 Å². The van der Waals surface area contributed by atoms with E-state index < -0.39 is 0 Å². The highest BCUT2D eigenvalue weighted by Gasteiger charge is 2.41. The number of amides is 1. The maximum absolute atomic E-state index is 13.0. The van der Waals surface area contributed by atoms with E-state index in [9.17, 15) is 4.79 Å². The van der Waals surface area contributed by atoms with Gasteiger partial charge in [0, 0.05) is 43.0 Å². The number of fused-ring (bicyclic) bond motifs is 2. The highest BCUT2D eigenvalue weighted by Crippen LogP contribution is 2.35. The third-order valence-electron chi connectivity index (χ3n) is 6.77. The van der Waals surface area contributed by atoms with Crippen molar-refractivity contribution >= 4 is 38.8 Å². The number of pyridine rings is 1. The summed E-state index contributed by atoms with van der Waals surface area (Å²) < 4.78 is 11.7. The van der Waals surface area contributed by atoms with Crippen LogP contribution in [0.3, 0.4) is 0 Å². The van der Waals surface area contributed by atoms with E-state index in [0.717, 1.165) is 46.0 Å². The van der Waals surface area contributed by atoms with Gasteiger partial charge in [0.25, 0.3) is 5.91 Å². The standard InChI is InChI=1S/C24H29N5O3S/c1-13-4-7-17-20(26)21(33-23(17)27-13)22(30)28-15-8-14-5-6-16(9-18(14)32-11-15)29-10-19(25)24(2,12-29)31-3/h4-7,9,15,19H,8,10-12,25-26H2,1-3H3,(H,28,30)/t15-,19+,24+/m1/s1. The highest BCUT2D eigenvalue weighted by molar-refractivity contribution is 7.21. The van der Waals surface area contributed by atoms with Crippen molar-refractivity contribution in [1.29, 1.82) is 0 Å². The van der Waals surface area contributed by atoms with Crippen molar-refractivity contribution in [1.82, 2.24) is 10.3 Å². The second kappa shape index (κ2) is 8.16. The summed E-state index contributed by atoms with van der Waals surface area (Å²) in [7, 11) is 1.71. The number of anilines is 2. The number of hydrogen-bond acceptors (Lipinski definition) is 8. The van der Waals surface area contributed by atoms with Gasteiger partial charge >= 0.3 is 0 Å². The number of nitrogen functional groups attached to an aromatic ring is 1.